The van der Waals surface area contributed by atoms with Crippen molar-refractivity contribution in [2.24, 2.45) is 0 Å². The van der Waals surface area contributed by atoms with Crippen LogP contribution in [0.5, 0.6) is 0 Å². The Kier molecular flexibility index (Phi) is 4.17. The fraction of sp³-hybridized carbons (Fsp3) is 0.167. The van der Waals surface area contributed by atoms with E-state index in [9.17, 15) is 13.2 Å². The Hall–Kier alpha value is -1.77. The second kappa shape index (κ2) is 5.70. The number of aromatic nitrogens is 1. The molecule has 1 aromatic heterocycles. The van der Waals surface area contributed by atoms with Gasteiger partial charge in [-0.05, 0) is 31.7 Å². The maximum atomic E-state index is 11.9. The molecule has 2 N–H and O–H groups in total. The number of carbonyl (C=O) groups excluding carboxylic acids is 1. The molecule has 0 spiro atoms. The van der Waals surface area contributed by atoms with Gasteiger partial charge >= 0.3 is 0 Å². The molecule has 0 atom stereocenters. The first-order valence-corrected chi connectivity index (χ1v) is 8.10. The summed E-state index contributed by atoms with van der Waals surface area (Å²) in [6, 6.07) is 4.71. The highest BCUT2D eigenvalue weighted by atomic mass is 32.2. The number of anilines is 1. The summed E-state index contributed by atoms with van der Waals surface area (Å²) in [6.07, 6.45) is 0. The lowest BCUT2D eigenvalue weighted by molar-refractivity contribution is 0.102. The minimum absolute atomic E-state index is 0.135. The Morgan fingerprint density at radius 1 is 1.35 bits per heavy atom. The summed E-state index contributed by atoms with van der Waals surface area (Å²) < 4.78 is 26.0. The van der Waals surface area contributed by atoms with E-state index in [1.807, 2.05) is 0 Å². The zero-order chi connectivity index (χ0) is 14.8. The Labute approximate surface area is 120 Å². The molecule has 2 aromatic rings. The number of benzene rings is 1. The predicted molar refractivity (Wildman–Crippen MR) is 77.5 cm³/mol. The quantitative estimate of drug-likeness (QED) is 0.898. The second-order valence-corrected chi connectivity index (χ2v) is 6.59. The molecule has 0 aliphatic rings. The summed E-state index contributed by atoms with van der Waals surface area (Å²) in [4.78, 5) is 15.9. The molecule has 0 unspecified atom stereocenters. The molecule has 1 heterocycles. The van der Waals surface area contributed by atoms with E-state index in [0.717, 1.165) is 0 Å². The lowest BCUT2D eigenvalue weighted by Crippen LogP contribution is -2.20. The van der Waals surface area contributed by atoms with Gasteiger partial charge < -0.3 is 5.32 Å². The number of thiazole rings is 1. The summed E-state index contributed by atoms with van der Waals surface area (Å²) in [5.74, 6) is -0.372. The third-order valence-corrected chi connectivity index (χ3v) is 4.81. The standard InChI is InChI=1S/C12H13N3O3S2/c1-8-3-4-9(5-11(8)20(17,18)13-2)15-12(16)10-6-19-7-14-10/h3-7,13H,1-2H3,(H,15,16). The van der Waals surface area contributed by atoms with Crippen LogP contribution in [0.15, 0.2) is 34.0 Å². The molecule has 0 saturated heterocycles. The van der Waals surface area contributed by atoms with Crippen molar-refractivity contribution in [1.29, 1.82) is 0 Å². The van der Waals surface area contributed by atoms with Crippen LogP contribution in [-0.4, -0.2) is 26.4 Å². The number of amides is 1. The number of hydrogen-bond acceptors (Lipinski definition) is 5. The van der Waals surface area contributed by atoms with Gasteiger partial charge in [0.05, 0.1) is 10.4 Å². The number of hydrogen-bond donors (Lipinski definition) is 2. The zero-order valence-electron chi connectivity index (χ0n) is 10.9. The molecule has 0 aliphatic heterocycles. The van der Waals surface area contributed by atoms with Gasteiger partial charge in [0.2, 0.25) is 10.0 Å². The number of rotatable bonds is 4. The molecule has 0 bridgehead atoms. The van der Waals surface area contributed by atoms with Crippen molar-refractivity contribution < 1.29 is 13.2 Å². The Balaban J connectivity index is 2.31. The fourth-order valence-electron chi connectivity index (χ4n) is 1.60. The number of sulfonamides is 1. The summed E-state index contributed by atoms with van der Waals surface area (Å²) >= 11 is 1.31. The second-order valence-electron chi connectivity index (χ2n) is 4.02. The first-order valence-electron chi connectivity index (χ1n) is 5.68. The summed E-state index contributed by atoms with van der Waals surface area (Å²) in [5, 5.41) is 4.24. The topological polar surface area (TPSA) is 88.2 Å². The van der Waals surface area contributed by atoms with Gasteiger partial charge in [0, 0.05) is 11.1 Å². The van der Waals surface area contributed by atoms with E-state index in [1.165, 1.54) is 24.5 Å². The first-order chi connectivity index (χ1) is 9.44. The Morgan fingerprint density at radius 3 is 2.70 bits per heavy atom. The van der Waals surface area contributed by atoms with Crippen LogP contribution in [0.4, 0.5) is 5.69 Å². The molecule has 0 saturated carbocycles. The maximum absolute atomic E-state index is 11.9. The maximum Gasteiger partial charge on any atom is 0.275 e. The third kappa shape index (κ3) is 3.03. The van der Waals surface area contributed by atoms with Crippen molar-refractivity contribution in [3.8, 4) is 0 Å². The van der Waals surface area contributed by atoms with E-state index < -0.39 is 10.0 Å². The molecule has 6 nitrogen and oxygen atoms in total. The summed E-state index contributed by atoms with van der Waals surface area (Å²) in [7, 11) is -2.21. The van der Waals surface area contributed by atoms with Crippen LogP contribution in [0.3, 0.4) is 0 Å². The van der Waals surface area contributed by atoms with Gasteiger partial charge in [0.25, 0.3) is 5.91 Å². The lowest BCUT2D eigenvalue weighted by Gasteiger charge is -2.09. The van der Waals surface area contributed by atoms with Crippen molar-refractivity contribution in [2.45, 2.75) is 11.8 Å². The van der Waals surface area contributed by atoms with Crippen LogP contribution in [0, 0.1) is 6.92 Å². The van der Waals surface area contributed by atoms with Gasteiger partial charge in [-0.25, -0.2) is 18.1 Å². The highest BCUT2D eigenvalue weighted by molar-refractivity contribution is 7.89. The average Bonchev–Trinajstić information content (AvgIpc) is 2.95. The van der Waals surface area contributed by atoms with Gasteiger partial charge in [-0.2, -0.15) is 0 Å². The van der Waals surface area contributed by atoms with Gasteiger partial charge in [0.15, 0.2) is 0 Å². The predicted octanol–water partition coefficient (Wildman–Crippen LogP) is 1.61. The normalized spacial score (nSPS) is 11.3. The van der Waals surface area contributed by atoms with Crippen molar-refractivity contribution in [3.63, 3.8) is 0 Å². The number of nitrogens with zero attached hydrogens (tertiary/aromatic N) is 1. The van der Waals surface area contributed by atoms with E-state index in [1.54, 1.807) is 29.9 Å². The van der Waals surface area contributed by atoms with Crippen molar-refractivity contribution in [3.05, 3.63) is 40.3 Å². The molecular formula is C12H13N3O3S2. The largest absolute Gasteiger partial charge is 0.321 e. The number of nitrogens with one attached hydrogen (secondary N) is 2. The molecule has 8 heteroatoms. The van der Waals surface area contributed by atoms with E-state index in [4.69, 9.17) is 0 Å². The zero-order valence-corrected chi connectivity index (χ0v) is 12.5. The third-order valence-electron chi connectivity index (χ3n) is 2.67. The van der Waals surface area contributed by atoms with E-state index in [0.29, 0.717) is 16.9 Å². The molecule has 2 rings (SSSR count). The first kappa shape index (κ1) is 14.6. The molecule has 0 aliphatic carbocycles. The number of carbonyl (C=O) groups is 1. The van der Waals surface area contributed by atoms with Crippen LogP contribution >= 0.6 is 11.3 Å². The monoisotopic (exact) mass is 311 g/mol. The summed E-state index contributed by atoms with van der Waals surface area (Å²) in [6.45, 7) is 1.69. The van der Waals surface area contributed by atoms with Gasteiger partial charge in [-0.15, -0.1) is 11.3 Å². The van der Waals surface area contributed by atoms with E-state index in [2.05, 4.69) is 15.0 Å². The van der Waals surface area contributed by atoms with Crippen molar-refractivity contribution in [1.82, 2.24) is 9.71 Å². The SMILES string of the molecule is CNS(=O)(=O)c1cc(NC(=O)c2cscn2)ccc1C. The highest BCUT2D eigenvalue weighted by Gasteiger charge is 2.16. The molecule has 20 heavy (non-hydrogen) atoms. The van der Waals surface area contributed by atoms with E-state index in [-0.39, 0.29) is 10.8 Å². The minimum atomic E-state index is -3.56. The average molecular weight is 311 g/mol. The van der Waals surface area contributed by atoms with Crippen molar-refractivity contribution >= 4 is 33.0 Å². The molecule has 1 aromatic carbocycles. The smallest absolute Gasteiger partial charge is 0.275 e. The Morgan fingerprint density at radius 2 is 2.10 bits per heavy atom. The van der Waals surface area contributed by atoms with Crippen LogP contribution in [0.1, 0.15) is 16.1 Å². The molecule has 106 valence electrons. The van der Waals surface area contributed by atoms with Gasteiger partial charge in [0.1, 0.15) is 5.69 Å². The lowest BCUT2D eigenvalue weighted by atomic mass is 10.2. The van der Waals surface area contributed by atoms with Crippen LogP contribution in [0.25, 0.3) is 0 Å². The van der Waals surface area contributed by atoms with Crippen LogP contribution < -0.4 is 10.0 Å². The minimum Gasteiger partial charge on any atom is -0.321 e. The molecule has 0 radical (unpaired) electrons. The molecular weight excluding hydrogens is 298 g/mol. The molecule has 0 fully saturated rings. The summed E-state index contributed by atoms with van der Waals surface area (Å²) in [5.41, 5.74) is 2.86. The van der Waals surface area contributed by atoms with Gasteiger partial charge in [-0.1, -0.05) is 6.07 Å². The van der Waals surface area contributed by atoms with E-state index >= 15 is 0 Å². The Bertz CT molecular complexity index is 724. The van der Waals surface area contributed by atoms with Crippen LogP contribution in [-0.2, 0) is 10.0 Å². The molecule has 1 amide bonds. The number of aryl methyl sites for hydroxylation is 1. The van der Waals surface area contributed by atoms with Gasteiger partial charge in [-0.3, -0.25) is 4.79 Å². The van der Waals surface area contributed by atoms with Crippen LogP contribution in [0.2, 0.25) is 0 Å². The fourth-order valence-corrected chi connectivity index (χ4v) is 3.12. The highest BCUT2D eigenvalue weighted by Crippen LogP contribution is 2.20. The van der Waals surface area contributed by atoms with Crippen molar-refractivity contribution in [2.75, 3.05) is 12.4 Å².